The van der Waals surface area contributed by atoms with Crippen LogP contribution >= 0.6 is 23.2 Å². The quantitative estimate of drug-likeness (QED) is 0.256. The van der Waals surface area contributed by atoms with Crippen molar-refractivity contribution in [3.63, 3.8) is 0 Å². The van der Waals surface area contributed by atoms with Crippen molar-refractivity contribution in [2.24, 2.45) is 0 Å². The summed E-state index contributed by atoms with van der Waals surface area (Å²) in [6.45, 7) is 0.0186. The Balaban J connectivity index is 1.53. The van der Waals surface area contributed by atoms with Gasteiger partial charge in [0.05, 0.1) is 17.5 Å². The summed E-state index contributed by atoms with van der Waals surface area (Å²) in [6.07, 6.45) is 6.18. The second-order valence-corrected chi connectivity index (χ2v) is 13.8. The molecule has 1 aromatic carbocycles. The minimum atomic E-state index is -4.18. The fourth-order valence-electron chi connectivity index (χ4n) is 4.09. The van der Waals surface area contributed by atoms with Crippen molar-refractivity contribution < 1.29 is 26.7 Å². The molecular formula is C24H26Cl2N6O6S2. The van der Waals surface area contributed by atoms with Crippen molar-refractivity contribution in [3.8, 4) is 5.82 Å². The van der Waals surface area contributed by atoms with Crippen LogP contribution in [0.4, 0.5) is 11.5 Å². The summed E-state index contributed by atoms with van der Waals surface area (Å²) in [7, 11) is -7.41. The van der Waals surface area contributed by atoms with Crippen LogP contribution in [0.25, 0.3) is 16.7 Å². The van der Waals surface area contributed by atoms with Gasteiger partial charge in [0.25, 0.3) is 0 Å². The molecule has 0 spiro atoms. The molecule has 2 heterocycles. The molecule has 0 fully saturated rings. The monoisotopic (exact) mass is 628 g/mol. The number of fused-ring (bicyclic) bond motifs is 1. The highest BCUT2D eigenvalue weighted by Gasteiger charge is 2.34. The van der Waals surface area contributed by atoms with Gasteiger partial charge in [-0.1, -0.05) is 23.2 Å². The maximum atomic E-state index is 13.5. The first-order valence-corrected chi connectivity index (χ1v) is 16.1. The number of carboxylic acid groups (broad SMARTS) is 1. The number of anilines is 2. The third kappa shape index (κ3) is 7.31. The predicted octanol–water partition coefficient (Wildman–Crippen LogP) is 3.01. The molecule has 0 radical (unpaired) electrons. The molecule has 3 aromatic rings. The number of hydrogen-bond donors (Lipinski definition) is 3. The van der Waals surface area contributed by atoms with E-state index in [1.54, 1.807) is 41.1 Å². The number of halogens is 2. The van der Waals surface area contributed by atoms with Crippen molar-refractivity contribution in [1.29, 1.82) is 0 Å². The fraction of sp³-hybridized carbons (Fsp3) is 0.292. The van der Waals surface area contributed by atoms with Crippen LogP contribution in [-0.4, -0.2) is 73.8 Å². The van der Waals surface area contributed by atoms with Gasteiger partial charge in [-0.15, -0.1) is 10.2 Å². The Hall–Kier alpha value is -3.17. The molecule has 3 N–H and O–H groups in total. The first-order chi connectivity index (χ1) is 18.8. The van der Waals surface area contributed by atoms with E-state index in [1.807, 2.05) is 0 Å². The second-order valence-electron chi connectivity index (χ2n) is 8.98. The van der Waals surface area contributed by atoms with E-state index in [1.165, 1.54) is 18.2 Å². The number of nitrogens with one attached hydrogen (secondary N) is 2. The zero-order valence-corrected chi connectivity index (χ0v) is 24.3. The summed E-state index contributed by atoms with van der Waals surface area (Å²) < 4.78 is 54.2. The highest BCUT2D eigenvalue weighted by molar-refractivity contribution is 7.93. The number of allylic oxidation sites excluding steroid dienone is 3. The summed E-state index contributed by atoms with van der Waals surface area (Å²) in [4.78, 5) is 11.6. The summed E-state index contributed by atoms with van der Waals surface area (Å²) in [5, 5.41) is 20.9. The van der Waals surface area contributed by atoms with Crippen molar-refractivity contribution in [1.82, 2.24) is 19.5 Å². The highest BCUT2D eigenvalue weighted by Crippen LogP contribution is 2.32. The van der Waals surface area contributed by atoms with Crippen LogP contribution in [-0.2, 0) is 24.8 Å². The number of nitrogens with zero attached hydrogens (tertiary/aromatic N) is 4. The molecule has 0 saturated heterocycles. The van der Waals surface area contributed by atoms with Crippen molar-refractivity contribution >= 4 is 71.6 Å². The van der Waals surface area contributed by atoms with Gasteiger partial charge in [-0.25, -0.2) is 21.6 Å². The lowest BCUT2D eigenvalue weighted by molar-refractivity contribution is -0.135. The van der Waals surface area contributed by atoms with Gasteiger partial charge in [0.15, 0.2) is 5.82 Å². The fourth-order valence-corrected chi connectivity index (χ4v) is 7.12. The third-order valence-electron chi connectivity index (χ3n) is 5.89. The van der Waals surface area contributed by atoms with Crippen LogP contribution in [0.3, 0.4) is 0 Å². The van der Waals surface area contributed by atoms with Gasteiger partial charge in [0.2, 0.25) is 20.0 Å². The summed E-state index contributed by atoms with van der Waals surface area (Å²) in [5.41, 5.74) is 0.878. The number of carbonyl (C=O) groups is 1. The summed E-state index contributed by atoms with van der Waals surface area (Å²) in [6, 6.07) is 10.0. The topological polar surface area (TPSA) is 164 Å². The molecular weight excluding hydrogens is 603 g/mol. The minimum absolute atomic E-state index is 0.0179. The zero-order valence-electron chi connectivity index (χ0n) is 21.2. The first kappa shape index (κ1) is 29.8. The molecule has 2 aromatic heterocycles. The molecule has 0 bridgehead atoms. The smallest absolute Gasteiger partial charge is 0.324 e. The molecule has 1 aliphatic rings. The maximum Gasteiger partial charge on any atom is 0.324 e. The molecule has 0 amide bonds. The maximum absolute atomic E-state index is 13.5. The van der Waals surface area contributed by atoms with Crippen molar-refractivity contribution in [2.75, 3.05) is 35.5 Å². The number of carboxylic acids is 1. The van der Waals surface area contributed by atoms with Crippen molar-refractivity contribution in [3.05, 3.63) is 64.8 Å². The molecule has 214 valence electrons. The van der Waals surface area contributed by atoms with E-state index in [9.17, 15) is 26.7 Å². The van der Waals surface area contributed by atoms with Crippen LogP contribution in [0.5, 0.6) is 0 Å². The molecule has 40 heavy (non-hydrogen) atoms. The van der Waals surface area contributed by atoms with E-state index in [4.69, 9.17) is 23.2 Å². The number of hydrogen-bond acceptors (Lipinski definition) is 8. The SMILES string of the molecule is CS(=O)(=O)NCCCNc1ccc(-n2ccc3cc(N(CC(=O)O)S(=O)(=O)C4C=C(Cl)C=C(Cl)C4)ccc32)nn1. The molecule has 4 rings (SSSR count). The summed E-state index contributed by atoms with van der Waals surface area (Å²) in [5.74, 6) is -0.293. The van der Waals surface area contributed by atoms with Gasteiger partial charge in [-0.3, -0.25) is 13.7 Å². The lowest BCUT2D eigenvalue weighted by Gasteiger charge is -2.28. The molecule has 0 saturated carbocycles. The largest absolute Gasteiger partial charge is 0.480 e. The third-order valence-corrected chi connectivity index (χ3v) is 9.14. The first-order valence-electron chi connectivity index (χ1n) is 11.9. The second kappa shape index (κ2) is 12.1. The number of rotatable bonds is 12. The zero-order chi connectivity index (χ0) is 29.1. The molecule has 1 aliphatic carbocycles. The molecule has 16 heteroatoms. The van der Waals surface area contributed by atoms with Gasteiger partial charge in [0.1, 0.15) is 17.6 Å². The number of aliphatic carboxylic acids is 1. The lowest BCUT2D eigenvalue weighted by atomic mass is 10.2. The van der Waals surface area contributed by atoms with E-state index in [2.05, 4.69) is 20.2 Å². The number of benzene rings is 1. The average Bonchev–Trinajstić information content (AvgIpc) is 3.29. The van der Waals surface area contributed by atoms with Crippen LogP contribution in [0.1, 0.15) is 12.8 Å². The van der Waals surface area contributed by atoms with Crippen LogP contribution in [0, 0.1) is 0 Å². The van der Waals surface area contributed by atoms with Gasteiger partial charge in [-0.2, -0.15) is 0 Å². The van der Waals surface area contributed by atoms with Gasteiger partial charge < -0.3 is 10.4 Å². The standard InChI is InChI=1S/C24H26Cl2N6O6S2/c1-39(35,36)28-9-2-8-27-22-5-6-23(30-29-22)31-10-7-16-11-19(3-4-21(16)31)32(15-24(33)34)40(37,38)20-13-17(25)12-18(26)14-20/h3-7,10-13,20,28H,2,8-9,14-15H2,1H3,(H,27,29)(H,33,34). The summed E-state index contributed by atoms with van der Waals surface area (Å²) >= 11 is 12.1. The molecule has 12 nitrogen and oxygen atoms in total. The van der Waals surface area contributed by atoms with Crippen LogP contribution in [0.2, 0.25) is 0 Å². The van der Waals surface area contributed by atoms with Gasteiger partial charge in [-0.05, 0) is 55.0 Å². The van der Waals surface area contributed by atoms with E-state index in [-0.39, 0.29) is 22.2 Å². The average molecular weight is 630 g/mol. The van der Waals surface area contributed by atoms with E-state index in [0.717, 1.165) is 10.6 Å². The Morgan fingerprint density at radius 1 is 1.12 bits per heavy atom. The Kier molecular flexibility index (Phi) is 9.05. The van der Waals surface area contributed by atoms with E-state index in [0.29, 0.717) is 42.0 Å². The Morgan fingerprint density at radius 2 is 1.90 bits per heavy atom. The minimum Gasteiger partial charge on any atom is -0.480 e. The van der Waals surface area contributed by atoms with Crippen molar-refractivity contribution in [2.45, 2.75) is 18.1 Å². The number of sulfonamides is 2. The molecule has 1 atom stereocenters. The highest BCUT2D eigenvalue weighted by atomic mass is 35.5. The van der Waals surface area contributed by atoms with E-state index >= 15 is 0 Å². The Labute approximate surface area is 241 Å². The Bertz CT molecular complexity index is 1690. The Morgan fingerprint density at radius 3 is 2.55 bits per heavy atom. The molecule has 1 unspecified atom stereocenters. The van der Waals surface area contributed by atoms with E-state index < -0.39 is 37.8 Å². The molecule has 0 aliphatic heterocycles. The number of aromatic nitrogens is 3. The lowest BCUT2D eigenvalue weighted by Crippen LogP contribution is -2.41. The van der Waals surface area contributed by atoms with Gasteiger partial charge >= 0.3 is 5.97 Å². The normalized spacial score (nSPS) is 15.9. The van der Waals surface area contributed by atoms with Crippen LogP contribution in [0.15, 0.2) is 64.8 Å². The van der Waals surface area contributed by atoms with Gasteiger partial charge in [0, 0.05) is 41.2 Å². The predicted molar refractivity (Wildman–Crippen MR) is 155 cm³/mol. The van der Waals surface area contributed by atoms with Crippen LogP contribution < -0.4 is 14.3 Å².